The normalized spacial score (nSPS) is 10.5. The minimum atomic E-state index is -0.801. The molecule has 3 aromatic carbocycles. The number of carboxylic acid groups (broad SMARTS) is 1. The van der Waals surface area contributed by atoms with Crippen LogP contribution in [0.3, 0.4) is 0 Å². The first-order valence-electron chi connectivity index (χ1n) is 13.3. The topological polar surface area (TPSA) is 126 Å². The van der Waals surface area contributed by atoms with E-state index in [1.165, 1.54) is 14.2 Å². The number of benzene rings is 3. The number of hydrogen-bond acceptors (Lipinski definition) is 5. The Bertz CT molecular complexity index is 1830. The summed E-state index contributed by atoms with van der Waals surface area (Å²) in [5.41, 5.74) is 6.00. The highest BCUT2D eigenvalue weighted by molar-refractivity contribution is 5.89. The Hall–Kier alpha value is -5.31. The van der Waals surface area contributed by atoms with Gasteiger partial charge in [0.2, 0.25) is 0 Å². The number of hydrogen-bond donors (Lipinski definition) is 3. The highest BCUT2D eigenvalue weighted by atomic mass is 16.5. The SMILES string of the molecule is COC(=O)Cc1c[nH]c2ccccc12.COC(=O)Cc1cn(C)c2ccccc12.O=C(O)Cc1c[nH]c2ccccc12. The predicted molar refractivity (Wildman–Crippen MR) is 162 cm³/mol. The Kier molecular flexibility index (Phi) is 9.78. The monoisotopic (exact) mass is 567 g/mol. The fraction of sp³-hybridized carbons (Fsp3) is 0.182. The molecule has 9 nitrogen and oxygen atoms in total. The van der Waals surface area contributed by atoms with Crippen LogP contribution in [0.5, 0.6) is 0 Å². The number of fused-ring (bicyclic) bond motifs is 3. The molecule has 0 bridgehead atoms. The number of nitrogens with zero attached hydrogens (tertiary/aromatic N) is 1. The van der Waals surface area contributed by atoms with Crippen molar-refractivity contribution in [3.63, 3.8) is 0 Å². The fourth-order valence-electron chi connectivity index (χ4n) is 4.74. The molecule has 9 heteroatoms. The van der Waals surface area contributed by atoms with Crippen LogP contribution in [-0.4, -0.2) is 51.8 Å². The second kappa shape index (κ2) is 13.8. The highest BCUT2D eigenvalue weighted by Gasteiger charge is 2.10. The molecule has 3 N–H and O–H groups in total. The molecule has 0 saturated carbocycles. The number of carbonyl (C=O) groups is 3. The minimum Gasteiger partial charge on any atom is -0.481 e. The van der Waals surface area contributed by atoms with E-state index in [0.717, 1.165) is 49.4 Å². The van der Waals surface area contributed by atoms with Gasteiger partial charge in [-0.25, -0.2) is 0 Å². The van der Waals surface area contributed by atoms with E-state index in [-0.39, 0.29) is 18.4 Å². The molecule has 0 unspecified atom stereocenters. The standard InChI is InChI=1S/C12H13NO2.C11H11NO2.C10H9NO2/c1-13-8-9(7-12(14)15-2)10-5-3-4-6-11(10)13;1-14-11(13)6-8-7-12-10-5-3-2-4-9(8)10;12-10(13)5-7-6-11-9-4-2-1-3-8(7)9/h3-6,8H,7H2,1-2H3;2-5,7,12H,6H2,1H3;1-4,6,11H,5H2,(H,12,13). The molecule has 42 heavy (non-hydrogen) atoms. The smallest absolute Gasteiger partial charge is 0.310 e. The Morgan fingerprint density at radius 3 is 1.64 bits per heavy atom. The molecule has 3 heterocycles. The van der Waals surface area contributed by atoms with Crippen LogP contribution in [0.1, 0.15) is 16.7 Å². The summed E-state index contributed by atoms with van der Waals surface area (Å²) in [4.78, 5) is 38.9. The van der Waals surface area contributed by atoms with E-state index in [1.807, 2.05) is 96.8 Å². The predicted octanol–water partition coefficient (Wildman–Crippen LogP) is 5.57. The second-order valence-electron chi connectivity index (χ2n) is 9.58. The zero-order valence-electron chi connectivity index (χ0n) is 23.7. The minimum absolute atomic E-state index is 0.0734. The van der Waals surface area contributed by atoms with Crippen molar-refractivity contribution in [2.75, 3.05) is 14.2 Å². The van der Waals surface area contributed by atoms with Gasteiger partial charge in [-0.3, -0.25) is 14.4 Å². The van der Waals surface area contributed by atoms with Gasteiger partial charge in [-0.2, -0.15) is 0 Å². The lowest BCUT2D eigenvalue weighted by molar-refractivity contribution is -0.140. The molecule has 216 valence electrons. The molecule has 0 radical (unpaired) electrons. The Balaban J connectivity index is 0.000000145. The summed E-state index contributed by atoms with van der Waals surface area (Å²) in [6.07, 6.45) is 6.30. The van der Waals surface area contributed by atoms with Gasteiger partial charge in [-0.05, 0) is 34.9 Å². The first kappa shape index (κ1) is 29.7. The van der Waals surface area contributed by atoms with Crippen molar-refractivity contribution in [3.05, 3.63) is 108 Å². The Morgan fingerprint density at radius 2 is 1.12 bits per heavy atom. The average Bonchev–Trinajstić information content (AvgIpc) is 3.69. The number of para-hydroxylation sites is 3. The number of carboxylic acids is 1. The van der Waals surface area contributed by atoms with Crippen LogP contribution in [0.15, 0.2) is 91.4 Å². The van der Waals surface area contributed by atoms with Crippen molar-refractivity contribution in [2.24, 2.45) is 7.05 Å². The van der Waals surface area contributed by atoms with E-state index in [4.69, 9.17) is 5.11 Å². The van der Waals surface area contributed by atoms with Crippen molar-refractivity contribution in [2.45, 2.75) is 19.3 Å². The number of aliphatic carboxylic acids is 1. The third kappa shape index (κ3) is 7.25. The molecule has 3 aromatic heterocycles. The Morgan fingerprint density at radius 1 is 0.667 bits per heavy atom. The first-order valence-corrected chi connectivity index (χ1v) is 13.3. The van der Waals surface area contributed by atoms with Gasteiger partial charge in [0.1, 0.15) is 0 Å². The van der Waals surface area contributed by atoms with Gasteiger partial charge in [-0.15, -0.1) is 0 Å². The third-order valence-electron chi connectivity index (χ3n) is 6.80. The molecule has 0 spiro atoms. The number of aromatic nitrogens is 3. The summed E-state index contributed by atoms with van der Waals surface area (Å²) in [7, 11) is 4.79. The highest BCUT2D eigenvalue weighted by Crippen LogP contribution is 2.21. The van der Waals surface area contributed by atoms with Crippen LogP contribution >= 0.6 is 0 Å². The maximum Gasteiger partial charge on any atom is 0.310 e. The molecule has 0 atom stereocenters. The van der Waals surface area contributed by atoms with E-state index in [0.29, 0.717) is 12.8 Å². The van der Waals surface area contributed by atoms with Crippen LogP contribution in [0, 0.1) is 0 Å². The first-order chi connectivity index (χ1) is 20.3. The molecular formula is C33H33N3O6. The summed E-state index contributed by atoms with van der Waals surface area (Å²) in [5, 5.41) is 11.8. The zero-order valence-corrected chi connectivity index (χ0v) is 23.7. The molecule has 0 aliphatic carbocycles. The van der Waals surface area contributed by atoms with Gasteiger partial charge in [0.25, 0.3) is 0 Å². The number of ether oxygens (including phenoxy) is 2. The van der Waals surface area contributed by atoms with Gasteiger partial charge in [-0.1, -0.05) is 54.6 Å². The number of esters is 2. The van der Waals surface area contributed by atoms with E-state index in [9.17, 15) is 14.4 Å². The van der Waals surface area contributed by atoms with Crippen LogP contribution in [0.4, 0.5) is 0 Å². The summed E-state index contributed by atoms with van der Waals surface area (Å²) < 4.78 is 11.3. The fourth-order valence-corrected chi connectivity index (χ4v) is 4.74. The number of H-pyrrole nitrogens is 2. The average molecular weight is 568 g/mol. The van der Waals surface area contributed by atoms with Gasteiger partial charge < -0.3 is 29.1 Å². The lowest BCUT2D eigenvalue weighted by atomic mass is 10.1. The summed E-state index contributed by atoms with van der Waals surface area (Å²) in [6, 6.07) is 23.6. The molecule has 6 aromatic rings. The maximum absolute atomic E-state index is 11.2. The number of methoxy groups -OCH3 is 2. The van der Waals surface area contributed by atoms with Crippen LogP contribution in [0.2, 0.25) is 0 Å². The summed E-state index contributed by atoms with van der Waals surface area (Å²) in [6.45, 7) is 0. The van der Waals surface area contributed by atoms with Crippen molar-refractivity contribution in [1.29, 1.82) is 0 Å². The Labute approximate surface area is 242 Å². The van der Waals surface area contributed by atoms with Crippen molar-refractivity contribution in [1.82, 2.24) is 14.5 Å². The van der Waals surface area contributed by atoms with Crippen molar-refractivity contribution >= 4 is 50.6 Å². The molecule has 0 aliphatic heterocycles. The third-order valence-corrected chi connectivity index (χ3v) is 6.80. The van der Waals surface area contributed by atoms with E-state index < -0.39 is 5.97 Å². The van der Waals surface area contributed by atoms with E-state index in [2.05, 4.69) is 19.4 Å². The molecular weight excluding hydrogens is 534 g/mol. The lowest BCUT2D eigenvalue weighted by Gasteiger charge is -1.97. The van der Waals surface area contributed by atoms with Crippen LogP contribution in [-0.2, 0) is 50.2 Å². The number of rotatable bonds is 6. The van der Waals surface area contributed by atoms with Gasteiger partial charge >= 0.3 is 17.9 Å². The number of aryl methyl sites for hydroxylation is 1. The zero-order chi connectivity index (χ0) is 30.1. The van der Waals surface area contributed by atoms with Gasteiger partial charge in [0, 0.05) is 58.3 Å². The quantitative estimate of drug-likeness (QED) is 0.226. The molecule has 6 rings (SSSR count). The molecule has 0 fully saturated rings. The molecule has 0 amide bonds. The van der Waals surface area contributed by atoms with Gasteiger partial charge in [0.05, 0.1) is 33.5 Å². The molecule has 0 aliphatic rings. The molecule has 0 saturated heterocycles. The second-order valence-corrected chi connectivity index (χ2v) is 9.58. The van der Waals surface area contributed by atoms with E-state index in [1.54, 1.807) is 6.20 Å². The lowest BCUT2D eigenvalue weighted by Crippen LogP contribution is -2.03. The van der Waals surface area contributed by atoms with Crippen molar-refractivity contribution in [3.8, 4) is 0 Å². The van der Waals surface area contributed by atoms with Crippen LogP contribution in [0.25, 0.3) is 32.7 Å². The largest absolute Gasteiger partial charge is 0.481 e. The maximum atomic E-state index is 11.2. The number of aromatic amines is 2. The summed E-state index contributed by atoms with van der Waals surface area (Å²) in [5.74, 6) is -1.22. The van der Waals surface area contributed by atoms with Crippen LogP contribution < -0.4 is 0 Å². The summed E-state index contributed by atoms with van der Waals surface area (Å²) >= 11 is 0. The van der Waals surface area contributed by atoms with Gasteiger partial charge in [0.15, 0.2) is 0 Å². The van der Waals surface area contributed by atoms with E-state index >= 15 is 0 Å². The van der Waals surface area contributed by atoms with Crippen molar-refractivity contribution < 1.29 is 29.0 Å². The number of carbonyl (C=O) groups excluding carboxylic acids is 2. The number of nitrogens with one attached hydrogen (secondary N) is 2.